The predicted molar refractivity (Wildman–Crippen MR) is 93.3 cm³/mol. The minimum absolute atomic E-state index is 0.00640. The van der Waals surface area contributed by atoms with Gasteiger partial charge in [-0.3, -0.25) is 14.4 Å². The first-order chi connectivity index (χ1) is 10.8. The minimum atomic E-state index is -0.00845. The Labute approximate surface area is 138 Å². The molecule has 0 aliphatic rings. The van der Waals surface area contributed by atoms with E-state index in [1.165, 1.54) is 0 Å². The molecule has 1 heterocycles. The van der Waals surface area contributed by atoms with Crippen LogP contribution < -0.4 is 5.32 Å². The summed E-state index contributed by atoms with van der Waals surface area (Å²) >= 11 is 0. The van der Waals surface area contributed by atoms with Gasteiger partial charge in [0.05, 0.1) is 12.7 Å². The molecular weight excluding hydrogens is 288 g/mol. The van der Waals surface area contributed by atoms with Gasteiger partial charge in [-0.2, -0.15) is 5.10 Å². The standard InChI is InChI=1S/C18H26N4O/c1-18(2,3)15-8-6-7-9-16(15)20-17(23)13-21(4)11-14-10-19-22(5)12-14/h6-10,12H,11,13H2,1-5H3,(H,20,23). The molecule has 0 atom stereocenters. The van der Waals surface area contributed by atoms with Gasteiger partial charge in [0.2, 0.25) is 5.91 Å². The van der Waals surface area contributed by atoms with Crippen LogP contribution >= 0.6 is 0 Å². The number of anilines is 1. The third kappa shape index (κ3) is 4.93. The Morgan fingerprint density at radius 1 is 1.30 bits per heavy atom. The maximum atomic E-state index is 12.3. The highest BCUT2D eigenvalue weighted by Crippen LogP contribution is 2.29. The lowest BCUT2D eigenvalue weighted by Gasteiger charge is -2.23. The quantitative estimate of drug-likeness (QED) is 0.923. The Kier molecular flexibility index (Phi) is 5.21. The molecule has 23 heavy (non-hydrogen) atoms. The molecule has 0 bridgehead atoms. The highest BCUT2D eigenvalue weighted by atomic mass is 16.2. The van der Waals surface area contributed by atoms with Crippen LogP contribution in [0.1, 0.15) is 31.9 Å². The van der Waals surface area contributed by atoms with E-state index in [4.69, 9.17) is 0 Å². The summed E-state index contributed by atoms with van der Waals surface area (Å²) in [7, 11) is 3.82. The van der Waals surface area contributed by atoms with Crippen molar-refractivity contribution in [1.29, 1.82) is 0 Å². The molecule has 0 saturated carbocycles. The summed E-state index contributed by atoms with van der Waals surface area (Å²) < 4.78 is 1.77. The van der Waals surface area contributed by atoms with Gasteiger partial charge >= 0.3 is 0 Å². The van der Waals surface area contributed by atoms with Crippen LogP contribution in [0.15, 0.2) is 36.7 Å². The molecular formula is C18H26N4O. The van der Waals surface area contributed by atoms with E-state index >= 15 is 0 Å². The Hall–Kier alpha value is -2.14. The minimum Gasteiger partial charge on any atom is -0.325 e. The molecule has 2 aromatic rings. The lowest BCUT2D eigenvalue weighted by Crippen LogP contribution is -2.30. The lowest BCUT2D eigenvalue weighted by molar-refractivity contribution is -0.117. The maximum Gasteiger partial charge on any atom is 0.238 e. The van der Waals surface area contributed by atoms with E-state index in [0.717, 1.165) is 16.8 Å². The fourth-order valence-corrected chi connectivity index (χ4v) is 2.60. The van der Waals surface area contributed by atoms with Gasteiger partial charge in [0.1, 0.15) is 0 Å². The number of nitrogens with one attached hydrogen (secondary N) is 1. The van der Waals surface area contributed by atoms with E-state index in [0.29, 0.717) is 13.1 Å². The molecule has 2 rings (SSSR count). The number of amides is 1. The molecule has 0 radical (unpaired) electrons. The molecule has 1 amide bonds. The van der Waals surface area contributed by atoms with Crippen LogP contribution in [0.25, 0.3) is 0 Å². The molecule has 5 nitrogen and oxygen atoms in total. The number of carbonyl (C=O) groups excluding carboxylic acids is 1. The fourth-order valence-electron chi connectivity index (χ4n) is 2.60. The van der Waals surface area contributed by atoms with Gasteiger partial charge < -0.3 is 5.32 Å². The number of likely N-dealkylation sites (N-methyl/N-ethyl adjacent to an activating group) is 1. The zero-order chi connectivity index (χ0) is 17.0. The van der Waals surface area contributed by atoms with Gasteiger partial charge in [0, 0.05) is 31.0 Å². The summed E-state index contributed by atoms with van der Waals surface area (Å²) in [4.78, 5) is 14.3. The number of rotatable bonds is 5. The van der Waals surface area contributed by atoms with Gasteiger partial charge in [-0.25, -0.2) is 0 Å². The fraction of sp³-hybridized carbons (Fsp3) is 0.444. The second-order valence-electron chi connectivity index (χ2n) is 7.04. The number of hydrogen-bond acceptors (Lipinski definition) is 3. The van der Waals surface area contributed by atoms with Gasteiger partial charge in [-0.1, -0.05) is 39.0 Å². The zero-order valence-corrected chi connectivity index (χ0v) is 14.6. The second-order valence-corrected chi connectivity index (χ2v) is 7.04. The van der Waals surface area contributed by atoms with E-state index in [9.17, 15) is 4.79 Å². The predicted octanol–water partition coefficient (Wildman–Crippen LogP) is 2.79. The van der Waals surface area contributed by atoms with E-state index < -0.39 is 0 Å². The highest BCUT2D eigenvalue weighted by Gasteiger charge is 2.18. The van der Waals surface area contributed by atoms with E-state index in [2.05, 4.69) is 37.3 Å². The normalized spacial score (nSPS) is 11.7. The largest absolute Gasteiger partial charge is 0.325 e. The molecule has 0 fully saturated rings. The van der Waals surface area contributed by atoms with E-state index in [1.807, 2.05) is 49.6 Å². The first kappa shape index (κ1) is 17.2. The van der Waals surface area contributed by atoms with Crippen molar-refractivity contribution in [3.05, 3.63) is 47.8 Å². The Morgan fingerprint density at radius 3 is 2.61 bits per heavy atom. The van der Waals surface area contributed by atoms with Crippen molar-refractivity contribution in [1.82, 2.24) is 14.7 Å². The lowest BCUT2D eigenvalue weighted by atomic mass is 9.86. The number of carbonyl (C=O) groups is 1. The summed E-state index contributed by atoms with van der Waals surface area (Å²) in [6, 6.07) is 7.98. The molecule has 0 saturated heterocycles. The molecule has 1 N–H and O–H groups in total. The van der Waals surface area contributed by atoms with Gasteiger partial charge in [0.25, 0.3) is 0 Å². The maximum absolute atomic E-state index is 12.3. The summed E-state index contributed by atoms with van der Waals surface area (Å²) in [6.07, 6.45) is 3.78. The second kappa shape index (κ2) is 6.96. The van der Waals surface area contributed by atoms with Crippen molar-refractivity contribution >= 4 is 11.6 Å². The number of nitrogens with zero attached hydrogens (tertiary/aromatic N) is 3. The first-order valence-corrected chi connectivity index (χ1v) is 7.81. The van der Waals surface area contributed by atoms with Crippen LogP contribution in [0.4, 0.5) is 5.69 Å². The van der Waals surface area contributed by atoms with Crippen LogP contribution in [-0.2, 0) is 23.8 Å². The van der Waals surface area contributed by atoms with Crippen molar-refractivity contribution in [3.63, 3.8) is 0 Å². The van der Waals surface area contributed by atoms with Crippen LogP contribution in [-0.4, -0.2) is 34.2 Å². The third-order valence-corrected chi connectivity index (χ3v) is 3.63. The SMILES string of the molecule is CN(CC(=O)Nc1ccccc1C(C)(C)C)Cc1cnn(C)c1. The average molecular weight is 314 g/mol. The van der Waals surface area contributed by atoms with Gasteiger partial charge in [0.15, 0.2) is 0 Å². The zero-order valence-electron chi connectivity index (χ0n) is 14.6. The molecule has 0 spiro atoms. The molecule has 1 aromatic carbocycles. The number of aromatic nitrogens is 2. The van der Waals surface area contributed by atoms with Crippen LogP contribution in [0.3, 0.4) is 0 Å². The Balaban J connectivity index is 1.97. The number of aryl methyl sites for hydroxylation is 1. The first-order valence-electron chi connectivity index (χ1n) is 7.81. The van der Waals surface area contributed by atoms with Crippen molar-refractivity contribution in [2.75, 3.05) is 18.9 Å². The van der Waals surface area contributed by atoms with Gasteiger partial charge in [-0.05, 0) is 24.1 Å². The van der Waals surface area contributed by atoms with Crippen molar-refractivity contribution in [2.24, 2.45) is 7.05 Å². The third-order valence-electron chi connectivity index (χ3n) is 3.63. The van der Waals surface area contributed by atoms with Crippen LogP contribution in [0, 0.1) is 0 Å². The summed E-state index contributed by atoms with van der Waals surface area (Å²) in [5, 5.41) is 7.18. The molecule has 1 aromatic heterocycles. The summed E-state index contributed by atoms with van der Waals surface area (Å²) in [6.45, 7) is 7.47. The van der Waals surface area contributed by atoms with Gasteiger partial charge in [-0.15, -0.1) is 0 Å². The number of benzene rings is 1. The van der Waals surface area contributed by atoms with Crippen LogP contribution in [0.5, 0.6) is 0 Å². The highest BCUT2D eigenvalue weighted by molar-refractivity contribution is 5.93. The van der Waals surface area contributed by atoms with Crippen molar-refractivity contribution in [3.8, 4) is 0 Å². The van der Waals surface area contributed by atoms with E-state index in [-0.39, 0.29) is 11.3 Å². The van der Waals surface area contributed by atoms with E-state index in [1.54, 1.807) is 4.68 Å². The monoisotopic (exact) mass is 314 g/mol. The summed E-state index contributed by atoms with van der Waals surface area (Å²) in [5.74, 6) is -0.00640. The topological polar surface area (TPSA) is 50.2 Å². The van der Waals surface area contributed by atoms with Crippen molar-refractivity contribution < 1.29 is 4.79 Å². The Bertz CT molecular complexity index is 670. The molecule has 124 valence electrons. The van der Waals surface area contributed by atoms with Crippen molar-refractivity contribution in [2.45, 2.75) is 32.7 Å². The molecule has 0 aliphatic carbocycles. The Morgan fingerprint density at radius 2 is 2.00 bits per heavy atom. The molecule has 0 aliphatic heterocycles. The number of hydrogen-bond donors (Lipinski definition) is 1. The average Bonchev–Trinajstić information content (AvgIpc) is 2.83. The molecule has 5 heteroatoms. The summed E-state index contributed by atoms with van der Waals surface area (Å²) in [5.41, 5.74) is 3.12. The number of para-hydroxylation sites is 1. The smallest absolute Gasteiger partial charge is 0.238 e. The molecule has 0 unspecified atom stereocenters. The van der Waals surface area contributed by atoms with Crippen LogP contribution in [0.2, 0.25) is 0 Å².